The Labute approximate surface area is 82.0 Å². The van der Waals surface area contributed by atoms with Crippen LogP contribution < -0.4 is 11.3 Å². The molecule has 0 aliphatic heterocycles. The van der Waals surface area contributed by atoms with Crippen LogP contribution in [0.3, 0.4) is 0 Å². The number of nitrogen functional groups attached to an aromatic ring is 1. The van der Waals surface area contributed by atoms with Crippen LogP contribution in [0.4, 0.5) is 5.69 Å². The number of hydrogen-bond donors (Lipinski definition) is 3. The number of hydrogen-bond acceptors (Lipinski definition) is 3. The van der Waals surface area contributed by atoms with E-state index in [1.54, 1.807) is 6.07 Å². The molecule has 0 saturated carbocycles. The molecule has 14 heavy (non-hydrogen) atoms. The van der Waals surface area contributed by atoms with E-state index in [9.17, 15) is 4.79 Å². The van der Waals surface area contributed by atoms with Crippen molar-refractivity contribution in [3.63, 3.8) is 0 Å². The van der Waals surface area contributed by atoms with E-state index < -0.39 is 5.97 Å². The highest BCUT2D eigenvalue weighted by atomic mass is 16.4. The van der Waals surface area contributed by atoms with Gasteiger partial charge in [-0.3, -0.25) is 5.84 Å². The summed E-state index contributed by atoms with van der Waals surface area (Å²) in [4.78, 5) is 10.3. The molecule has 0 fully saturated rings. The molecule has 4 nitrogen and oxygen atoms in total. The van der Waals surface area contributed by atoms with Crippen molar-refractivity contribution < 1.29 is 9.90 Å². The number of hydrazine groups is 1. The molecule has 1 aromatic rings. The number of aliphatic carboxylic acids is 1. The zero-order valence-electron chi connectivity index (χ0n) is 7.82. The number of anilines is 1. The molecular formula is C10H12N2O2. The molecule has 0 atom stereocenters. The van der Waals surface area contributed by atoms with Crippen LogP contribution in [0, 0.1) is 6.92 Å². The topological polar surface area (TPSA) is 75.3 Å². The van der Waals surface area contributed by atoms with Crippen LogP contribution in [0.15, 0.2) is 24.3 Å². The van der Waals surface area contributed by atoms with E-state index in [0.29, 0.717) is 0 Å². The fraction of sp³-hybridized carbons (Fsp3) is 0.100. The van der Waals surface area contributed by atoms with Crippen LogP contribution in [0.25, 0.3) is 6.08 Å². The largest absolute Gasteiger partial charge is 0.478 e. The lowest BCUT2D eigenvalue weighted by Gasteiger charge is -2.07. The van der Waals surface area contributed by atoms with Gasteiger partial charge in [0.05, 0.1) is 5.69 Å². The molecule has 1 aromatic carbocycles. The van der Waals surface area contributed by atoms with Gasteiger partial charge >= 0.3 is 5.97 Å². The van der Waals surface area contributed by atoms with Gasteiger partial charge in [-0.2, -0.15) is 0 Å². The van der Waals surface area contributed by atoms with Crippen molar-refractivity contribution in [3.05, 3.63) is 35.4 Å². The number of benzene rings is 1. The highest BCUT2D eigenvalue weighted by Crippen LogP contribution is 2.20. The van der Waals surface area contributed by atoms with Crippen LogP contribution in [0.5, 0.6) is 0 Å². The quantitative estimate of drug-likeness (QED) is 0.384. The first-order valence-electron chi connectivity index (χ1n) is 4.12. The molecule has 0 aromatic heterocycles. The minimum absolute atomic E-state index is 0.741. The summed E-state index contributed by atoms with van der Waals surface area (Å²) in [6.07, 6.45) is 2.58. The average Bonchev–Trinajstić information content (AvgIpc) is 2.14. The van der Waals surface area contributed by atoms with Crippen LogP contribution in [0.1, 0.15) is 11.1 Å². The zero-order valence-corrected chi connectivity index (χ0v) is 7.82. The Morgan fingerprint density at radius 3 is 2.86 bits per heavy atom. The number of carboxylic acids is 1. The van der Waals surface area contributed by atoms with Crippen LogP contribution in [-0.2, 0) is 4.79 Å². The molecule has 4 N–H and O–H groups in total. The third-order valence-corrected chi connectivity index (χ3v) is 1.85. The second-order valence-electron chi connectivity index (χ2n) is 2.86. The first-order chi connectivity index (χ1) is 6.65. The van der Waals surface area contributed by atoms with E-state index in [4.69, 9.17) is 10.9 Å². The Kier molecular flexibility index (Phi) is 3.25. The maximum absolute atomic E-state index is 10.3. The summed E-state index contributed by atoms with van der Waals surface area (Å²) in [6, 6.07) is 5.53. The van der Waals surface area contributed by atoms with E-state index in [0.717, 1.165) is 22.9 Å². The van der Waals surface area contributed by atoms with E-state index in [1.165, 1.54) is 6.08 Å². The number of carboxylic acid groups (broad SMARTS) is 1. The molecule has 0 heterocycles. The fourth-order valence-corrected chi connectivity index (χ4v) is 1.19. The second-order valence-corrected chi connectivity index (χ2v) is 2.86. The third-order valence-electron chi connectivity index (χ3n) is 1.85. The Hall–Kier alpha value is -1.81. The van der Waals surface area contributed by atoms with Crippen molar-refractivity contribution in [2.75, 3.05) is 5.43 Å². The van der Waals surface area contributed by atoms with Gasteiger partial charge in [-0.15, -0.1) is 0 Å². The van der Waals surface area contributed by atoms with Crippen molar-refractivity contribution in [2.45, 2.75) is 6.92 Å². The first kappa shape index (κ1) is 10.3. The number of nitrogens with one attached hydrogen (secondary N) is 1. The van der Waals surface area contributed by atoms with Crippen LogP contribution in [0.2, 0.25) is 0 Å². The van der Waals surface area contributed by atoms with Gasteiger partial charge in [0.25, 0.3) is 0 Å². The van der Waals surface area contributed by atoms with Gasteiger partial charge < -0.3 is 10.5 Å². The van der Waals surface area contributed by atoms with E-state index >= 15 is 0 Å². The van der Waals surface area contributed by atoms with Gasteiger partial charge in [0.1, 0.15) is 0 Å². The molecule has 0 unspecified atom stereocenters. The molecule has 0 bridgehead atoms. The predicted molar refractivity (Wildman–Crippen MR) is 55.7 cm³/mol. The molecule has 0 radical (unpaired) electrons. The molecule has 1 rings (SSSR count). The van der Waals surface area contributed by atoms with Gasteiger partial charge in [-0.05, 0) is 24.1 Å². The summed E-state index contributed by atoms with van der Waals surface area (Å²) in [6.45, 7) is 1.90. The minimum atomic E-state index is -0.977. The predicted octanol–water partition coefficient (Wildman–Crippen LogP) is 1.38. The van der Waals surface area contributed by atoms with E-state index in [1.807, 2.05) is 19.1 Å². The van der Waals surface area contributed by atoms with E-state index in [-0.39, 0.29) is 0 Å². The highest BCUT2D eigenvalue weighted by molar-refractivity contribution is 5.87. The van der Waals surface area contributed by atoms with Gasteiger partial charge in [0.2, 0.25) is 0 Å². The number of nitrogens with two attached hydrogens (primary N) is 1. The molecule has 0 amide bonds. The van der Waals surface area contributed by atoms with Gasteiger partial charge in [-0.1, -0.05) is 18.2 Å². The van der Waals surface area contributed by atoms with E-state index in [2.05, 4.69) is 5.43 Å². The SMILES string of the molecule is Cc1cccc(/C=C/C(=O)O)c1NN. The monoisotopic (exact) mass is 192 g/mol. The molecule has 74 valence electrons. The Morgan fingerprint density at radius 1 is 1.57 bits per heavy atom. The lowest BCUT2D eigenvalue weighted by molar-refractivity contribution is -0.131. The van der Waals surface area contributed by atoms with Gasteiger partial charge in [0.15, 0.2) is 0 Å². The molecule has 0 spiro atoms. The van der Waals surface area contributed by atoms with Crippen molar-refractivity contribution in [3.8, 4) is 0 Å². The normalized spacial score (nSPS) is 10.4. The number of para-hydroxylation sites is 1. The number of rotatable bonds is 3. The maximum atomic E-state index is 10.3. The first-order valence-corrected chi connectivity index (χ1v) is 4.12. The summed E-state index contributed by atoms with van der Waals surface area (Å²) in [5, 5.41) is 8.47. The van der Waals surface area contributed by atoms with Crippen LogP contribution in [-0.4, -0.2) is 11.1 Å². The van der Waals surface area contributed by atoms with Crippen molar-refractivity contribution >= 4 is 17.7 Å². The molecular weight excluding hydrogens is 180 g/mol. The summed E-state index contributed by atoms with van der Waals surface area (Å²) in [5.41, 5.74) is 5.02. The smallest absolute Gasteiger partial charge is 0.328 e. The second kappa shape index (κ2) is 4.43. The third kappa shape index (κ3) is 2.34. The Balaban J connectivity index is 3.08. The molecule has 0 saturated heterocycles. The number of carbonyl (C=O) groups is 1. The molecule has 4 heteroatoms. The van der Waals surface area contributed by atoms with Gasteiger partial charge in [0, 0.05) is 6.08 Å². The summed E-state index contributed by atoms with van der Waals surface area (Å²) >= 11 is 0. The lowest BCUT2D eigenvalue weighted by Crippen LogP contribution is -2.09. The van der Waals surface area contributed by atoms with Gasteiger partial charge in [-0.25, -0.2) is 4.79 Å². The highest BCUT2D eigenvalue weighted by Gasteiger charge is 2.00. The van der Waals surface area contributed by atoms with Crippen molar-refractivity contribution in [1.82, 2.24) is 0 Å². The molecule has 0 aliphatic rings. The maximum Gasteiger partial charge on any atom is 0.328 e. The fourth-order valence-electron chi connectivity index (χ4n) is 1.19. The Morgan fingerprint density at radius 2 is 2.29 bits per heavy atom. The minimum Gasteiger partial charge on any atom is -0.478 e. The number of aryl methyl sites for hydroxylation is 1. The molecule has 0 aliphatic carbocycles. The summed E-state index contributed by atoms with van der Waals surface area (Å²) in [5.74, 6) is 4.35. The van der Waals surface area contributed by atoms with Crippen molar-refractivity contribution in [2.24, 2.45) is 5.84 Å². The summed E-state index contributed by atoms with van der Waals surface area (Å²) in [7, 11) is 0. The van der Waals surface area contributed by atoms with Crippen LogP contribution >= 0.6 is 0 Å². The lowest BCUT2D eigenvalue weighted by atomic mass is 10.1. The zero-order chi connectivity index (χ0) is 10.6. The van der Waals surface area contributed by atoms with Crippen molar-refractivity contribution in [1.29, 1.82) is 0 Å². The average molecular weight is 192 g/mol. The summed E-state index contributed by atoms with van der Waals surface area (Å²) < 4.78 is 0. The Bertz CT molecular complexity index is 372. The standard InChI is InChI=1S/C10H12N2O2/c1-7-3-2-4-8(10(7)12-11)5-6-9(13)14/h2-6,12H,11H2,1H3,(H,13,14)/b6-5+.